The molecule has 9 nitrogen and oxygen atoms in total. The summed E-state index contributed by atoms with van der Waals surface area (Å²) in [5.41, 5.74) is 0.783. The van der Waals surface area contributed by atoms with E-state index in [1.807, 2.05) is 24.3 Å². The molecule has 0 spiro atoms. The van der Waals surface area contributed by atoms with Crippen LogP contribution in [0.25, 0.3) is 10.9 Å². The van der Waals surface area contributed by atoms with Crippen LogP contribution in [0.5, 0.6) is 0 Å². The number of hydrogen-bond acceptors (Lipinski definition) is 5. The Morgan fingerprint density at radius 3 is 2.77 bits per heavy atom. The van der Waals surface area contributed by atoms with Crippen LogP contribution in [-0.4, -0.2) is 54.8 Å². The normalized spacial score (nSPS) is 19.6. The zero-order valence-electron chi connectivity index (χ0n) is 15.6. The molecule has 0 saturated carbocycles. The van der Waals surface area contributed by atoms with Crippen molar-refractivity contribution < 1.29 is 22.8 Å². The number of alkyl halides is 3. The number of carbonyl (C=O) groups excluding carboxylic acids is 2. The minimum atomic E-state index is -4.60. The molecule has 12 heteroatoms. The van der Waals surface area contributed by atoms with Gasteiger partial charge in [-0.15, -0.1) is 10.2 Å². The number of H-pyrrole nitrogens is 1. The number of halogens is 3. The van der Waals surface area contributed by atoms with Crippen LogP contribution < -0.4 is 4.90 Å². The third kappa shape index (κ3) is 2.90. The monoisotopic (exact) mass is 419 g/mol. The van der Waals surface area contributed by atoms with Crippen LogP contribution in [0.2, 0.25) is 0 Å². The summed E-state index contributed by atoms with van der Waals surface area (Å²) in [4.78, 5) is 28.5. The van der Waals surface area contributed by atoms with E-state index in [4.69, 9.17) is 0 Å². The Morgan fingerprint density at radius 2 is 1.97 bits per heavy atom. The van der Waals surface area contributed by atoms with E-state index in [2.05, 4.69) is 20.4 Å². The number of aromatic nitrogens is 5. The second kappa shape index (κ2) is 6.54. The van der Waals surface area contributed by atoms with E-state index < -0.39 is 17.9 Å². The van der Waals surface area contributed by atoms with Gasteiger partial charge in [-0.1, -0.05) is 12.1 Å². The molecule has 1 fully saturated rings. The van der Waals surface area contributed by atoms with Crippen molar-refractivity contribution >= 4 is 28.5 Å². The fourth-order valence-electron chi connectivity index (χ4n) is 4.05. The van der Waals surface area contributed by atoms with Crippen molar-refractivity contribution in [3.63, 3.8) is 0 Å². The summed E-state index contributed by atoms with van der Waals surface area (Å²) in [6.45, 7) is 0.154. The molecule has 156 valence electrons. The van der Waals surface area contributed by atoms with Gasteiger partial charge >= 0.3 is 6.18 Å². The molecule has 2 aliphatic rings. The smallest absolute Gasteiger partial charge is 0.333 e. The van der Waals surface area contributed by atoms with E-state index in [-0.39, 0.29) is 50.2 Å². The van der Waals surface area contributed by atoms with Crippen LogP contribution in [-0.2, 0) is 28.9 Å². The zero-order chi connectivity index (χ0) is 21.0. The maximum absolute atomic E-state index is 13.0. The van der Waals surface area contributed by atoms with Crippen molar-refractivity contribution in [3.8, 4) is 0 Å². The third-order valence-corrected chi connectivity index (χ3v) is 5.50. The number of fused-ring (bicyclic) bond motifs is 2. The van der Waals surface area contributed by atoms with Crippen molar-refractivity contribution in [2.45, 2.75) is 25.7 Å². The predicted molar refractivity (Wildman–Crippen MR) is 97.0 cm³/mol. The summed E-state index contributed by atoms with van der Waals surface area (Å²) in [7, 11) is 0. The highest BCUT2D eigenvalue weighted by molar-refractivity contribution is 6.05. The molecular weight excluding hydrogens is 403 g/mol. The van der Waals surface area contributed by atoms with E-state index in [0.717, 1.165) is 15.5 Å². The van der Waals surface area contributed by atoms with Crippen molar-refractivity contribution in [3.05, 3.63) is 35.9 Å². The molecule has 0 radical (unpaired) electrons. The number of rotatable bonds is 2. The highest BCUT2D eigenvalue weighted by atomic mass is 19.4. The molecule has 2 amide bonds. The molecule has 4 heterocycles. The Hall–Kier alpha value is -3.44. The van der Waals surface area contributed by atoms with Gasteiger partial charge in [0.2, 0.25) is 17.6 Å². The van der Waals surface area contributed by atoms with Gasteiger partial charge in [0.05, 0.1) is 18.0 Å². The summed E-state index contributed by atoms with van der Waals surface area (Å²) in [5.74, 6) is -1.60. The van der Waals surface area contributed by atoms with Crippen LogP contribution in [0, 0.1) is 5.92 Å². The SMILES string of the molecule is O=C([C@H]1CC(=O)N(c2n[nH]c3ccccc23)C1)N1CCn2c(nnc2C(F)(F)F)C1. The average Bonchev–Trinajstić information content (AvgIpc) is 3.42. The van der Waals surface area contributed by atoms with E-state index in [1.165, 1.54) is 9.80 Å². The van der Waals surface area contributed by atoms with Crippen LogP contribution >= 0.6 is 0 Å². The Bertz CT molecular complexity index is 1150. The summed E-state index contributed by atoms with van der Waals surface area (Å²) in [6.07, 6.45) is -4.57. The lowest BCUT2D eigenvalue weighted by Crippen LogP contribution is -2.43. The summed E-state index contributed by atoms with van der Waals surface area (Å²) in [6, 6.07) is 7.37. The lowest BCUT2D eigenvalue weighted by molar-refractivity contribution is -0.148. The van der Waals surface area contributed by atoms with E-state index in [9.17, 15) is 22.8 Å². The first kappa shape index (κ1) is 18.6. The fourth-order valence-corrected chi connectivity index (χ4v) is 4.05. The molecule has 0 bridgehead atoms. The standard InChI is InChI=1S/C18H16F3N7O2/c19-18(20,21)17-25-23-13-9-26(5-6-27(13)17)16(30)10-7-14(29)28(8-10)15-11-3-1-2-4-12(11)22-24-15/h1-4,10H,5-9H2,(H,22,24)/t10-/m0/s1. The van der Waals surface area contributed by atoms with Gasteiger partial charge in [0.15, 0.2) is 11.6 Å². The molecule has 1 aromatic carbocycles. The summed E-state index contributed by atoms with van der Waals surface area (Å²) in [5, 5.41) is 14.7. The predicted octanol–water partition coefficient (Wildman–Crippen LogP) is 1.57. The largest absolute Gasteiger partial charge is 0.451 e. The minimum Gasteiger partial charge on any atom is -0.333 e. The Kier molecular flexibility index (Phi) is 4.05. The number of nitrogens with one attached hydrogen (secondary N) is 1. The van der Waals surface area contributed by atoms with Crippen molar-refractivity contribution in [1.82, 2.24) is 29.9 Å². The quantitative estimate of drug-likeness (QED) is 0.680. The number of carbonyl (C=O) groups is 2. The molecule has 30 heavy (non-hydrogen) atoms. The van der Waals surface area contributed by atoms with Crippen LogP contribution in [0.15, 0.2) is 24.3 Å². The number of nitrogens with zero attached hydrogens (tertiary/aromatic N) is 6. The summed E-state index contributed by atoms with van der Waals surface area (Å²) < 4.78 is 40.0. The molecule has 5 rings (SSSR count). The molecule has 2 aromatic heterocycles. The molecule has 2 aliphatic heterocycles. The number of benzene rings is 1. The van der Waals surface area contributed by atoms with Crippen molar-refractivity contribution in [2.24, 2.45) is 5.92 Å². The van der Waals surface area contributed by atoms with Crippen LogP contribution in [0.4, 0.5) is 19.0 Å². The third-order valence-electron chi connectivity index (χ3n) is 5.50. The van der Waals surface area contributed by atoms with E-state index in [0.29, 0.717) is 5.82 Å². The molecule has 1 atom stereocenters. The van der Waals surface area contributed by atoms with Gasteiger partial charge in [-0.05, 0) is 12.1 Å². The first-order valence-electron chi connectivity index (χ1n) is 9.34. The first-order valence-corrected chi connectivity index (χ1v) is 9.34. The second-order valence-corrected chi connectivity index (χ2v) is 7.35. The maximum Gasteiger partial charge on any atom is 0.451 e. The number of amides is 2. The lowest BCUT2D eigenvalue weighted by atomic mass is 10.1. The van der Waals surface area contributed by atoms with Crippen LogP contribution in [0.1, 0.15) is 18.1 Å². The summed E-state index contributed by atoms with van der Waals surface area (Å²) >= 11 is 0. The highest BCUT2D eigenvalue weighted by Crippen LogP contribution is 2.32. The lowest BCUT2D eigenvalue weighted by Gasteiger charge is -2.29. The van der Waals surface area contributed by atoms with Crippen molar-refractivity contribution in [2.75, 3.05) is 18.0 Å². The van der Waals surface area contributed by atoms with Gasteiger partial charge in [0.25, 0.3) is 0 Å². The fraction of sp³-hybridized carbons (Fsp3) is 0.389. The topological polar surface area (TPSA) is 100 Å². The van der Waals surface area contributed by atoms with Crippen molar-refractivity contribution in [1.29, 1.82) is 0 Å². The van der Waals surface area contributed by atoms with Gasteiger partial charge in [0, 0.05) is 31.4 Å². The molecular formula is C18H16F3N7O2. The zero-order valence-corrected chi connectivity index (χ0v) is 15.6. The highest BCUT2D eigenvalue weighted by Gasteiger charge is 2.42. The van der Waals surface area contributed by atoms with Gasteiger partial charge in [-0.25, -0.2) is 0 Å². The molecule has 0 unspecified atom stereocenters. The molecule has 1 N–H and O–H groups in total. The Morgan fingerprint density at radius 1 is 1.17 bits per heavy atom. The average molecular weight is 419 g/mol. The van der Waals surface area contributed by atoms with Gasteiger partial charge < -0.3 is 9.47 Å². The number of hydrogen-bond donors (Lipinski definition) is 1. The van der Waals surface area contributed by atoms with Gasteiger partial charge in [-0.2, -0.15) is 18.3 Å². The number of para-hydroxylation sites is 1. The Balaban J connectivity index is 1.33. The van der Waals surface area contributed by atoms with Gasteiger partial charge in [0.1, 0.15) is 0 Å². The molecule has 3 aromatic rings. The number of aromatic amines is 1. The van der Waals surface area contributed by atoms with E-state index >= 15 is 0 Å². The van der Waals surface area contributed by atoms with E-state index in [1.54, 1.807) is 0 Å². The van der Waals surface area contributed by atoms with Gasteiger partial charge in [-0.3, -0.25) is 19.6 Å². The first-order chi connectivity index (χ1) is 14.3. The number of anilines is 1. The minimum absolute atomic E-state index is 0.0248. The molecule has 0 aliphatic carbocycles. The molecule has 1 saturated heterocycles. The van der Waals surface area contributed by atoms with Crippen LogP contribution in [0.3, 0.4) is 0 Å². The maximum atomic E-state index is 13.0. The second-order valence-electron chi connectivity index (χ2n) is 7.35. The Labute approximate surface area is 167 Å².